The Kier molecular flexibility index (Phi) is 3.00. The molecule has 1 aliphatic heterocycles. The maximum atomic E-state index is 5.81. The van der Waals surface area contributed by atoms with E-state index in [0.717, 1.165) is 19.6 Å². The standard InChI is InChI=1S/C13H20N2O/c1-12(2,8-14)7-13(9-16-10-13)11-4-3-5-15-6-11/h3-6H,7-10,14H2,1-2H3. The van der Waals surface area contributed by atoms with Gasteiger partial charge in [0.25, 0.3) is 0 Å². The lowest BCUT2D eigenvalue weighted by molar-refractivity contribution is -0.0787. The smallest absolute Gasteiger partial charge is 0.0586 e. The van der Waals surface area contributed by atoms with Crippen LogP contribution in [-0.4, -0.2) is 24.7 Å². The molecule has 0 bridgehead atoms. The van der Waals surface area contributed by atoms with Crippen LogP contribution >= 0.6 is 0 Å². The van der Waals surface area contributed by atoms with E-state index in [2.05, 4.69) is 24.9 Å². The monoisotopic (exact) mass is 220 g/mol. The first-order valence-electron chi connectivity index (χ1n) is 5.76. The predicted octanol–water partition coefficient (Wildman–Crippen LogP) is 1.72. The molecule has 16 heavy (non-hydrogen) atoms. The summed E-state index contributed by atoms with van der Waals surface area (Å²) in [5.74, 6) is 0. The first-order valence-corrected chi connectivity index (χ1v) is 5.76. The molecule has 2 N–H and O–H groups in total. The number of hydrogen-bond donors (Lipinski definition) is 1. The van der Waals surface area contributed by atoms with Crippen molar-refractivity contribution in [3.8, 4) is 0 Å². The molecule has 0 spiro atoms. The summed E-state index contributed by atoms with van der Waals surface area (Å²) in [4.78, 5) is 4.20. The largest absolute Gasteiger partial charge is 0.379 e. The van der Waals surface area contributed by atoms with Crippen molar-refractivity contribution in [1.29, 1.82) is 0 Å². The molecule has 3 nitrogen and oxygen atoms in total. The third-order valence-electron chi connectivity index (χ3n) is 3.40. The molecule has 0 aliphatic carbocycles. The number of aromatic nitrogens is 1. The Labute approximate surface area is 97.0 Å². The summed E-state index contributed by atoms with van der Waals surface area (Å²) in [5, 5.41) is 0. The van der Waals surface area contributed by atoms with Gasteiger partial charge in [0.05, 0.1) is 13.2 Å². The fourth-order valence-electron chi connectivity index (χ4n) is 2.38. The van der Waals surface area contributed by atoms with Crippen molar-refractivity contribution < 1.29 is 4.74 Å². The van der Waals surface area contributed by atoms with Crippen LogP contribution in [0.4, 0.5) is 0 Å². The SMILES string of the molecule is CC(C)(CN)CC1(c2cccnc2)COC1. The molecule has 0 unspecified atom stereocenters. The molecule has 0 atom stereocenters. The van der Waals surface area contributed by atoms with Gasteiger partial charge in [-0.25, -0.2) is 0 Å². The van der Waals surface area contributed by atoms with Gasteiger partial charge in [0.15, 0.2) is 0 Å². The highest BCUT2D eigenvalue weighted by molar-refractivity contribution is 5.25. The van der Waals surface area contributed by atoms with Crippen molar-refractivity contribution in [2.75, 3.05) is 19.8 Å². The Hall–Kier alpha value is -0.930. The fourth-order valence-corrected chi connectivity index (χ4v) is 2.38. The van der Waals surface area contributed by atoms with E-state index in [0.29, 0.717) is 6.54 Å². The Bertz CT molecular complexity index is 344. The lowest BCUT2D eigenvalue weighted by Crippen LogP contribution is -2.50. The molecule has 1 aromatic rings. The van der Waals surface area contributed by atoms with E-state index >= 15 is 0 Å². The highest BCUT2D eigenvalue weighted by Gasteiger charge is 2.43. The molecule has 0 radical (unpaired) electrons. The van der Waals surface area contributed by atoms with Gasteiger partial charge >= 0.3 is 0 Å². The Morgan fingerprint density at radius 2 is 2.25 bits per heavy atom. The van der Waals surface area contributed by atoms with Crippen molar-refractivity contribution in [1.82, 2.24) is 4.98 Å². The predicted molar refractivity (Wildman–Crippen MR) is 64.2 cm³/mol. The lowest BCUT2D eigenvalue weighted by Gasteiger charge is -2.46. The summed E-state index contributed by atoms with van der Waals surface area (Å²) in [6, 6.07) is 4.13. The molecule has 0 saturated carbocycles. The van der Waals surface area contributed by atoms with E-state index in [9.17, 15) is 0 Å². The van der Waals surface area contributed by atoms with Gasteiger partial charge in [-0.15, -0.1) is 0 Å². The zero-order valence-corrected chi connectivity index (χ0v) is 10.1. The van der Waals surface area contributed by atoms with Crippen LogP contribution in [0.25, 0.3) is 0 Å². The number of ether oxygens (including phenoxy) is 1. The summed E-state index contributed by atoms with van der Waals surface area (Å²) in [7, 11) is 0. The van der Waals surface area contributed by atoms with E-state index in [-0.39, 0.29) is 10.8 Å². The van der Waals surface area contributed by atoms with E-state index in [1.807, 2.05) is 18.5 Å². The van der Waals surface area contributed by atoms with Crippen molar-refractivity contribution >= 4 is 0 Å². The molecule has 1 fully saturated rings. The van der Waals surface area contributed by atoms with Crippen molar-refractivity contribution in [2.24, 2.45) is 11.1 Å². The average Bonchev–Trinajstić information content (AvgIpc) is 2.25. The summed E-state index contributed by atoms with van der Waals surface area (Å²) < 4.78 is 5.41. The zero-order chi connectivity index (χ0) is 11.6. The van der Waals surface area contributed by atoms with Gasteiger partial charge in [0.2, 0.25) is 0 Å². The van der Waals surface area contributed by atoms with Gasteiger partial charge in [0.1, 0.15) is 0 Å². The molecule has 3 heteroatoms. The molecule has 1 saturated heterocycles. The highest BCUT2D eigenvalue weighted by Crippen LogP contribution is 2.41. The van der Waals surface area contributed by atoms with Crippen molar-refractivity contribution in [3.05, 3.63) is 30.1 Å². The molecule has 0 amide bonds. The van der Waals surface area contributed by atoms with Gasteiger partial charge in [-0.3, -0.25) is 4.98 Å². The van der Waals surface area contributed by atoms with Crippen LogP contribution in [0.15, 0.2) is 24.5 Å². The normalized spacial score (nSPS) is 19.2. The first-order chi connectivity index (χ1) is 7.58. The van der Waals surface area contributed by atoms with E-state index in [1.165, 1.54) is 5.56 Å². The first kappa shape index (κ1) is 11.6. The minimum Gasteiger partial charge on any atom is -0.379 e. The number of pyridine rings is 1. The van der Waals surface area contributed by atoms with Crippen molar-refractivity contribution in [2.45, 2.75) is 25.7 Å². The Morgan fingerprint density at radius 1 is 1.50 bits per heavy atom. The van der Waals surface area contributed by atoms with E-state index < -0.39 is 0 Å². The van der Waals surface area contributed by atoms with E-state index in [1.54, 1.807) is 0 Å². The zero-order valence-electron chi connectivity index (χ0n) is 10.1. The third-order valence-corrected chi connectivity index (χ3v) is 3.40. The summed E-state index contributed by atoms with van der Waals surface area (Å²) in [6.45, 7) is 6.71. The van der Waals surface area contributed by atoms with Gasteiger partial charge in [0, 0.05) is 17.8 Å². The molecule has 2 heterocycles. The van der Waals surface area contributed by atoms with Crippen LogP contribution in [0.5, 0.6) is 0 Å². The van der Waals surface area contributed by atoms with Gasteiger partial charge in [-0.2, -0.15) is 0 Å². The molecule has 1 aromatic heterocycles. The lowest BCUT2D eigenvalue weighted by atomic mass is 9.68. The molecular weight excluding hydrogens is 200 g/mol. The minimum absolute atomic E-state index is 0.136. The molecule has 2 rings (SSSR count). The topological polar surface area (TPSA) is 48.1 Å². The van der Waals surface area contributed by atoms with Crippen LogP contribution in [0.3, 0.4) is 0 Å². The van der Waals surface area contributed by atoms with Crippen molar-refractivity contribution in [3.63, 3.8) is 0 Å². The third kappa shape index (κ3) is 2.11. The second-order valence-corrected chi connectivity index (χ2v) is 5.56. The average molecular weight is 220 g/mol. The van der Waals surface area contributed by atoms with Gasteiger partial charge in [-0.1, -0.05) is 19.9 Å². The second-order valence-electron chi connectivity index (χ2n) is 5.56. The quantitative estimate of drug-likeness (QED) is 0.840. The number of nitrogens with zero attached hydrogens (tertiary/aromatic N) is 1. The van der Waals surface area contributed by atoms with Gasteiger partial charge < -0.3 is 10.5 Å². The maximum absolute atomic E-state index is 5.81. The molecule has 88 valence electrons. The van der Waals surface area contributed by atoms with E-state index in [4.69, 9.17) is 10.5 Å². The molecular formula is C13H20N2O. The number of nitrogens with two attached hydrogens (primary N) is 1. The molecule has 0 aromatic carbocycles. The summed E-state index contributed by atoms with van der Waals surface area (Å²) >= 11 is 0. The van der Waals surface area contributed by atoms with Crippen LogP contribution in [0, 0.1) is 5.41 Å². The summed E-state index contributed by atoms with van der Waals surface area (Å²) in [5.41, 5.74) is 7.38. The Morgan fingerprint density at radius 3 is 2.69 bits per heavy atom. The number of hydrogen-bond acceptors (Lipinski definition) is 3. The number of rotatable bonds is 4. The minimum atomic E-state index is 0.136. The van der Waals surface area contributed by atoms with Crippen LogP contribution in [0.2, 0.25) is 0 Å². The van der Waals surface area contributed by atoms with Crippen LogP contribution in [0.1, 0.15) is 25.8 Å². The maximum Gasteiger partial charge on any atom is 0.0586 e. The fraction of sp³-hybridized carbons (Fsp3) is 0.615. The van der Waals surface area contributed by atoms with Gasteiger partial charge in [-0.05, 0) is 30.0 Å². The molecule has 1 aliphatic rings. The second kappa shape index (κ2) is 4.15. The Balaban J connectivity index is 2.21. The highest BCUT2D eigenvalue weighted by atomic mass is 16.5. The van der Waals surface area contributed by atoms with Crippen LogP contribution < -0.4 is 5.73 Å². The van der Waals surface area contributed by atoms with Crippen LogP contribution in [-0.2, 0) is 10.2 Å². The summed E-state index contributed by atoms with van der Waals surface area (Å²) in [6.07, 6.45) is 4.82.